The average molecular weight is 299 g/mol. The molecule has 0 saturated heterocycles. The van der Waals surface area contributed by atoms with Crippen LogP contribution in [0.2, 0.25) is 0 Å². The zero-order valence-corrected chi connectivity index (χ0v) is 11.7. The molecule has 94 valence electrons. The van der Waals surface area contributed by atoms with Crippen molar-refractivity contribution in [3.8, 4) is 5.75 Å². The van der Waals surface area contributed by atoms with Gasteiger partial charge in [-0.1, -0.05) is 22.4 Å². The third kappa shape index (κ3) is 2.75. The highest BCUT2D eigenvalue weighted by molar-refractivity contribution is 9.10. The van der Waals surface area contributed by atoms with E-state index in [1.807, 2.05) is 18.2 Å². The molecule has 0 amide bonds. The predicted molar refractivity (Wildman–Crippen MR) is 74.5 cm³/mol. The maximum Gasteiger partial charge on any atom is 0.142 e. The molecule has 0 unspecified atom stereocenters. The standard InChI is InChI=1S/C13H19BrN2O/c1-17-12-4-3-10(14)7-11(12)16-9-13(8-15)5-2-6-13/h3-4,7,16H,2,5-6,8-9,15H2,1H3. The van der Waals surface area contributed by atoms with Gasteiger partial charge in [0.2, 0.25) is 0 Å². The molecule has 0 heterocycles. The summed E-state index contributed by atoms with van der Waals surface area (Å²) in [5.74, 6) is 0.875. The monoisotopic (exact) mass is 298 g/mol. The Morgan fingerprint density at radius 1 is 1.47 bits per heavy atom. The van der Waals surface area contributed by atoms with Gasteiger partial charge in [0.1, 0.15) is 5.75 Å². The van der Waals surface area contributed by atoms with Gasteiger partial charge in [-0.2, -0.15) is 0 Å². The van der Waals surface area contributed by atoms with Crippen molar-refractivity contribution in [2.75, 3.05) is 25.5 Å². The lowest BCUT2D eigenvalue weighted by molar-refractivity contribution is 0.163. The number of nitrogens with two attached hydrogens (primary N) is 1. The summed E-state index contributed by atoms with van der Waals surface area (Å²) < 4.78 is 6.39. The molecule has 1 aromatic carbocycles. The Hall–Kier alpha value is -0.740. The van der Waals surface area contributed by atoms with Crippen LogP contribution in [0.4, 0.5) is 5.69 Å². The van der Waals surface area contributed by atoms with Gasteiger partial charge in [-0.05, 0) is 43.0 Å². The molecule has 1 aromatic rings. The summed E-state index contributed by atoms with van der Waals surface area (Å²) in [4.78, 5) is 0. The zero-order chi connectivity index (χ0) is 12.3. The van der Waals surface area contributed by atoms with Crippen LogP contribution in [0.1, 0.15) is 19.3 Å². The first-order valence-corrected chi connectivity index (χ1v) is 6.76. The minimum atomic E-state index is 0.299. The Bertz CT molecular complexity index is 385. The maximum absolute atomic E-state index is 5.85. The van der Waals surface area contributed by atoms with Crippen LogP contribution in [0.25, 0.3) is 0 Å². The number of halogens is 1. The van der Waals surface area contributed by atoms with E-state index in [9.17, 15) is 0 Å². The lowest BCUT2D eigenvalue weighted by Crippen LogP contribution is -2.43. The summed E-state index contributed by atoms with van der Waals surface area (Å²) in [5, 5.41) is 3.46. The van der Waals surface area contributed by atoms with Crippen molar-refractivity contribution in [2.45, 2.75) is 19.3 Å². The van der Waals surface area contributed by atoms with E-state index in [1.165, 1.54) is 19.3 Å². The summed E-state index contributed by atoms with van der Waals surface area (Å²) in [7, 11) is 1.69. The van der Waals surface area contributed by atoms with Crippen LogP contribution in [-0.2, 0) is 0 Å². The number of anilines is 1. The third-order valence-corrected chi connectivity index (χ3v) is 4.16. The van der Waals surface area contributed by atoms with Crippen molar-refractivity contribution in [1.29, 1.82) is 0 Å². The molecule has 0 aliphatic heterocycles. The second-order valence-corrected chi connectivity index (χ2v) is 5.67. The van der Waals surface area contributed by atoms with E-state index in [1.54, 1.807) is 7.11 Å². The Balaban J connectivity index is 2.05. The molecule has 0 aromatic heterocycles. The summed E-state index contributed by atoms with van der Waals surface area (Å²) in [5.41, 5.74) is 7.18. The summed E-state index contributed by atoms with van der Waals surface area (Å²) in [6.45, 7) is 1.69. The van der Waals surface area contributed by atoms with E-state index in [4.69, 9.17) is 10.5 Å². The first-order valence-electron chi connectivity index (χ1n) is 5.97. The Morgan fingerprint density at radius 3 is 2.76 bits per heavy atom. The first kappa shape index (κ1) is 12.7. The molecule has 0 spiro atoms. The van der Waals surface area contributed by atoms with E-state index in [-0.39, 0.29) is 0 Å². The van der Waals surface area contributed by atoms with Crippen LogP contribution >= 0.6 is 15.9 Å². The van der Waals surface area contributed by atoms with Gasteiger partial charge in [0, 0.05) is 11.0 Å². The fraction of sp³-hybridized carbons (Fsp3) is 0.538. The molecule has 0 bridgehead atoms. The van der Waals surface area contributed by atoms with Gasteiger partial charge in [-0.15, -0.1) is 0 Å². The average Bonchev–Trinajstić information content (AvgIpc) is 2.28. The molecular formula is C13H19BrN2O. The zero-order valence-electron chi connectivity index (χ0n) is 10.1. The molecule has 1 saturated carbocycles. The summed E-state index contributed by atoms with van der Waals surface area (Å²) in [6.07, 6.45) is 3.76. The fourth-order valence-corrected chi connectivity index (χ4v) is 2.59. The smallest absolute Gasteiger partial charge is 0.142 e. The number of rotatable bonds is 5. The van der Waals surface area contributed by atoms with Crippen LogP contribution in [0.3, 0.4) is 0 Å². The first-order chi connectivity index (χ1) is 8.19. The topological polar surface area (TPSA) is 47.3 Å². The summed E-state index contributed by atoms with van der Waals surface area (Å²) >= 11 is 3.47. The number of hydrogen-bond acceptors (Lipinski definition) is 3. The van der Waals surface area contributed by atoms with Crippen molar-refractivity contribution in [3.05, 3.63) is 22.7 Å². The highest BCUT2D eigenvalue weighted by atomic mass is 79.9. The van der Waals surface area contributed by atoms with Crippen molar-refractivity contribution in [2.24, 2.45) is 11.1 Å². The molecule has 2 rings (SSSR count). The van der Waals surface area contributed by atoms with Gasteiger partial charge in [0.25, 0.3) is 0 Å². The molecule has 1 fully saturated rings. The van der Waals surface area contributed by atoms with Gasteiger partial charge < -0.3 is 15.8 Å². The van der Waals surface area contributed by atoms with Crippen LogP contribution < -0.4 is 15.8 Å². The number of ether oxygens (including phenoxy) is 1. The van der Waals surface area contributed by atoms with Gasteiger partial charge in [-0.3, -0.25) is 0 Å². The Kier molecular flexibility index (Phi) is 3.94. The van der Waals surface area contributed by atoms with Crippen molar-refractivity contribution >= 4 is 21.6 Å². The normalized spacial score (nSPS) is 17.4. The lowest BCUT2D eigenvalue weighted by atomic mass is 9.69. The second-order valence-electron chi connectivity index (χ2n) is 4.76. The lowest BCUT2D eigenvalue weighted by Gasteiger charge is -2.41. The van der Waals surface area contributed by atoms with Gasteiger partial charge in [-0.25, -0.2) is 0 Å². The minimum absolute atomic E-state index is 0.299. The number of benzene rings is 1. The highest BCUT2D eigenvalue weighted by Gasteiger charge is 2.35. The van der Waals surface area contributed by atoms with E-state index in [2.05, 4.69) is 21.2 Å². The predicted octanol–water partition coefficient (Wildman–Crippen LogP) is 3.00. The summed E-state index contributed by atoms with van der Waals surface area (Å²) in [6, 6.07) is 5.98. The van der Waals surface area contributed by atoms with E-state index in [0.29, 0.717) is 5.41 Å². The van der Waals surface area contributed by atoms with Gasteiger partial charge in [0.05, 0.1) is 12.8 Å². The SMILES string of the molecule is COc1ccc(Br)cc1NCC1(CN)CCC1. The molecule has 3 nitrogen and oxygen atoms in total. The van der Waals surface area contributed by atoms with Crippen LogP contribution in [0.5, 0.6) is 5.75 Å². The van der Waals surface area contributed by atoms with Crippen molar-refractivity contribution in [1.82, 2.24) is 0 Å². The van der Waals surface area contributed by atoms with Crippen molar-refractivity contribution in [3.63, 3.8) is 0 Å². The van der Waals surface area contributed by atoms with Gasteiger partial charge in [0.15, 0.2) is 0 Å². The quantitative estimate of drug-likeness (QED) is 0.878. The van der Waals surface area contributed by atoms with Crippen LogP contribution in [0.15, 0.2) is 22.7 Å². The largest absolute Gasteiger partial charge is 0.495 e. The third-order valence-electron chi connectivity index (χ3n) is 3.66. The maximum atomic E-state index is 5.85. The number of hydrogen-bond donors (Lipinski definition) is 2. The number of methoxy groups -OCH3 is 1. The molecule has 1 aliphatic carbocycles. The fourth-order valence-electron chi connectivity index (χ4n) is 2.23. The molecule has 17 heavy (non-hydrogen) atoms. The van der Waals surface area contributed by atoms with E-state index >= 15 is 0 Å². The molecule has 3 N–H and O–H groups in total. The molecule has 0 atom stereocenters. The molecule has 4 heteroatoms. The van der Waals surface area contributed by atoms with Crippen LogP contribution in [-0.4, -0.2) is 20.2 Å². The minimum Gasteiger partial charge on any atom is -0.495 e. The van der Waals surface area contributed by atoms with E-state index < -0.39 is 0 Å². The molecule has 1 aliphatic rings. The van der Waals surface area contributed by atoms with Gasteiger partial charge >= 0.3 is 0 Å². The highest BCUT2D eigenvalue weighted by Crippen LogP contribution is 2.40. The van der Waals surface area contributed by atoms with E-state index in [0.717, 1.165) is 29.0 Å². The second kappa shape index (κ2) is 5.27. The Labute approximate surface area is 111 Å². The van der Waals surface area contributed by atoms with Crippen LogP contribution in [0, 0.1) is 5.41 Å². The molecule has 0 radical (unpaired) electrons. The molecular weight excluding hydrogens is 280 g/mol. The Morgan fingerprint density at radius 2 is 2.24 bits per heavy atom. The van der Waals surface area contributed by atoms with Crippen molar-refractivity contribution < 1.29 is 4.74 Å². The number of nitrogens with one attached hydrogen (secondary N) is 1.